The molecule has 1 aliphatic rings. The fourth-order valence-electron chi connectivity index (χ4n) is 2.60. The number of hydrogen-bond donors (Lipinski definition) is 2. The average Bonchev–Trinajstić information content (AvgIpc) is 3.48. The van der Waals surface area contributed by atoms with Gasteiger partial charge in [0.2, 0.25) is 0 Å². The molecule has 0 heterocycles. The first-order valence-corrected chi connectivity index (χ1v) is 9.93. The highest BCUT2D eigenvalue weighted by Crippen LogP contribution is 2.33. The maximum absolute atomic E-state index is 12.8. The Hall–Kier alpha value is -1.36. The standard InChI is InChI=1S/C20H31F2N3O3.HI/c1-3-23-20(24-11-6-12-26-14-15-9-10-15)25-13-16-7-5-8-17(27-4-2)18(16)28-19(21)22;/h5,7-8,15,19H,3-4,6,9-14H2,1-2H3,(H2,23,24,25);1H. The van der Waals surface area contributed by atoms with Gasteiger partial charge in [-0.2, -0.15) is 8.78 Å². The Morgan fingerprint density at radius 1 is 1.24 bits per heavy atom. The number of halogens is 3. The van der Waals surface area contributed by atoms with Gasteiger partial charge in [0.1, 0.15) is 0 Å². The number of para-hydroxylation sites is 1. The first kappa shape index (κ1) is 25.7. The van der Waals surface area contributed by atoms with Crippen LogP contribution >= 0.6 is 24.0 Å². The summed E-state index contributed by atoms with van der Waals surface area (Å²) in [6.07, 6.45) is 3.45. The van der Waals surface area contributed by atoms with Crippen LogP contribution in [0.1, 0.15) is 38.7 Å². The van der Waals surface area contributed by atoms with E-state index < -0.39 is 6.61 Å². The molecule has 2 rings (SSSR count). The molecule has 0 amide bonds. The van der Waals surface area contributed by atoms with Crippen LogP contribution in [0.3, 0.4) is 0 Å². The highest BCUT2D eigenvalue weighted by molar-refractivity contribution is 14.0. The van der Waals surface area contributed by atoms with Gasteiger partial charge in [0.05, 0.1) is 13.2 Å². The number of guanidine groups is 1. The Labute approximate surface area is 188 Å². The fourth-order valence-corrected chi connectivity index (χ4v) is 2.60. The van der Waals surface area contributed by atoms with Crippen molar-refractivity contribution in [3.63, 3.8) is 0 Å². The van der Waals surface area contributed by atoms with E-state index in [4.69, 9.17) is 9.47 Å². The molecule has 1 aromatic rings. The Morgan fingerprint density at radius 2 is 2.03 bits per heavy atom. The quantitative estimate of drug-likeness (QED) is 0.175. The summed E-state index contributed by atoms with van der Waals surface area (Å²) in [7, 11) is 0. The van der Waals surface area contributed by atoms with Crippen LogP contribution in [0, 0.1) is 5.92 Å². The lowest BCUT2D eigenvalue weighted by atomic mass is 10.2. The molecule has 9 heteroatoms. The summed E-state index contributed by atoms with van der Waals surface area (Å²) in [6, 6.07) is 5.06. The van der Waals surface area contributed by atoms with Gasteiger partial charge in [0.25, 0.3) is 0 Å². The smallest absolute Gasteiger partial charge is 0.387 e. The Balaban J connectivity index is 0.00000420. The predicted molar refractivity (Wildman–Crippen MR) is 121 cm³/mol. The van der Waals surface area contributed by atoms with Crippen molar-refractivity contribution in [1.82, 2.24) is 10.6 Å². The summed E-state index contributed by atoms with van der Waals surface area (Å²) in [5.74, 6) is 1.71. The molecule has 0 aliphatic heterocycles. The lowest BCUT2D eigenvalue weighted by molar-refractivity contribution is -0.0520. The highest BCUT2D eigenvalue weighted by atomic mass is 127. The number of alkyl halides is 2. The minimum atomic E-state index is -2.92. The number of ether oxygens (including phenoxy) is 3. The molecule has 0 unspecified atom stereocenters. The average molecular weight is 527 g/mol. The Morgan fingerprint density at radius 3 is 2.69 bits per heavy atom. The minimum Gasteiger partial charge on any atom is -0.490 e. The van der Waals surface area contributed by atoms with E-state index in [0.717, 1.165) is 25.5 Å². The topological polar surface area (TPSA) is 64.1 Å². The highest BCUT2D eigenvalue weighted by Gasteiger charge is 2.20. The zero-order chi connectivity index (χ0) is 20.2. The molecular weight excluding hydrogens is 495 g/mol. The van der Waals surface area contributed by atoms with Crippen LogP contribution in [0.15, 0.2) is 23.2 Å². The van der Waals surface area contributed by atoms with Crippen molar-refractivity contribution in [1.29, 1.82) is 0 Å². The molecule has 0 radical (unpaired) electrons. The summed E-state index contributed by atoms with van der Waals surface area (Å²) in [6.45, 7) is 4.37. The van der Waals surface area contributed by atoms with E-state index in [-0.39, 0.29) is 36.3 Å². The zero-order valence-electron chi connectivity index (χ0n) is 17.1. The third-order valence-corrected chi connectivity index (χ3v) is 4.13. The van der Waals surface area contributed by atoms with Gasteiger partial charge in [-0.25, -0.2) is 4.99 Å². The summed E-state index contributed by atoms with van der Waals surface area (Å²) in [4.78, 5) is 4.48. The number of aliphatic imine (C=N–C) groups is 1. The largest absolute Gasteiger partial charge is 0.490 e. The molecule has 6 nitrogen and oxygen atoms in total. The molecule has 0 atom stereocenters. The zero-order valence-corrected chi connectivity index (χ0v) is 19.4. The monoisotopic (exact) mass is 527 g/mol. The van der Waals surface area contributed by atoms with Crippen molar-refractivity contribution < 1.29 is 23.0 Å². The van der Waals surface area contributed by atoms with E-state index in [9.17, 15) is 8.78 Å². The van der Waals surface area contributed by atoms with E-state index in [1.165, 1.54) is 12.8 Å². The van der Waals surface area contributed by atoms with Crippen molar-refractivity contribution in [3.05, 3.63) is 23.8 Å². The SMILES string of the molecule is CCNC(=NCc1cccc(OCC)c1OC(F)F)NCCCOCC1CC1.I. The van der Waals surface area contributed by atoms with E-state index in [1.807, 2.05) is 6.92 Å². The lowest BCUT2D eigenvalue weighted by Crippen LogP contribution is -2.38. The van der Waals surface area contributed by atoms with E-state index in [2.05, 4.69) is 20.4 Å². The van der Waals surface area contributed by atoms with Crippen LogP contribution in [0.2, 0.25) is 0 Å². The first-order chi connectivity index (χ1) is 13.6. The van der Waals surface area contributed by atoms with E-state index in [0.29, 0.717) is 37.0 Å². The van der Waals surface area contributed by atoms with E-state index in [1.54, 1.807) is 25.1 Å². The number of nitrogens with zero attached hydrogens (tertiary/aromatic N) is 1. The van der Waals surface area contributed by atoms with Gasteiger partial charge in [-0.3, -0.25) is 0 Å². The molecular formula is C20H32F2IN3O3. The van der Waals surface area contributed by atoms with Gasteiger partial charge in [0.15, 0.2) is 17.5 Å². The summed E-state index contributed by atoms with van der Waals surface area (Å²) in [5, 5.41) is 6.38. The molecule has 0 bridgehead atoms. The normalized spacial score (nSPS) is 13.8. The number of nitrogens with one attached hydrogen (secondary N) is 2. The van der Waals surface area contributed by atoms with Crippen LogP contribution < -0.4 is 20.1 Å². The summed E-state index contributed by atoms with van der Waals surface area (Å²) < 4.78 is 41.3. The summed E-state index contributed by atoms with van der Waals surface area (Å²) >= 11 is 0. The Kier molecular flexibility index (Phi) is 12.9. The molecule has 0 saturated heterocycles. The molecule has 1 aromatic carbocycles. The number of hydrogen-bond acceptors (Lipinski definition) is 4. The molecule has 2 N–H and O–H groups in total. The van der Waals surface area contributed by atoms with Gasteiger partial charge in [-0.1, -0.05) is 12.1 Å². The van der Waals surface area contributed by atoms with Crippen LogP contribution in [-0.4, -0.2) is 45.5 Å². The fraction of sp³-hybridized carbons (Fsp3) is 0.650. The number of benzene rings is 1. The van der Waals surface area contributed by atoms with Gasteiger partial charge in [-0.05, 0) is 45.1 Å². The third kappa shape index (κ3) is 10.3. The molecule has 1 saturated carbocycles. The third-order valence-electron chi connectivity index (χ3n) is 4.13. The molecule has 29 heavy (non-hydrogen) atoms. The van der Waals surface area contributed by atoms with Gasteiger partial charge >= 0.3 is 6.61 Å². The Bertz CT molecular complexity index is 617. The second-order valence-corrected chi connectivity index (χ2v) is 6.55. The van der Waals surface area contributed by atoms with Gasteiger partial charge in [0, 0.05) is 31.9 Å². The summed E-state index contributed by atoms with van der Waals surface area (Å²) in [5.41, 5.74) is 0.538. The van der Waals surface area contributed by atoms with Crippen molar-refractivity contribution in [2.24, 2.45) is 10.9 Å². The van der Waals surface area contributed by atoms with Crippen molar-refractivity contribution in [2.45, 2.75) is 46.3 Å². The second kappa shape index (κ2) is 14.6. The first-order valence-electron chi connectivity index (χ1n) is 9.93. The second-order valence-electron chi connectivity index (χ2n) is 6.55. The van der Waals surface area contributed by atoms with Crippen LogP contribution in [0.5, 0.6) is 11.5 Å². The lowest BCUT2D eigenvalue weighted by Gasteiger charge is -2.15. The van der Waals surface area contributed by atoms with Crippen molar-refractivity contribution >= 4 is 29.9 Å². The molecule has 1 aliphatic carbocycles. The predicted octanol–water partition coefficient (Wildman–Crippen LogP) is 4.18. The molecule has 0 aromatic heterocycles. The van der Waals surface area contributed by atoms with Crippen LogP contribution in [0.25, 0.3) is 0 Å². The van der Waals surface area contributed by atoms with Gasteiger partial charge < -0.3 is 24.8 Å². The number of rotatable bonds is 13. The van der Waals surface area contributed by atoms with Gasteiger partial charge in [-0.15, -0.1) is 24.0 Å². The van der Waals surface area contributed by atoms with Crippen molar-refractivity contribution in [3.8, 4) is 11.5 Å². The molecule has 1 fully saturated rings. The van der Waals surface area contributed by atoms with Crippen LogP contribution in [-0.2, 0) is 11.3 Å². The van der Waals surface area contributed by atoms with Crippen LogP contribution in [0.4, 0.5) is 8.78 Å². The van der Waals surface area contributed by atoms with E-state index >= 15 is 0 Å². The van der Waals surface area contributed by atoms with Crippen molar-refractivity contribution in [2.75, 3.05) is 32.9 Å². The maximum atomic E-state index is 12.8. The minimum absolute atomic E-state index is 0. The molecule has 166 valence electrons. The maximum Gasteiger partial charge on any atom is 0.387 e. The molecule has 0 spiro atoms.